The summed E-state index contributed by atoms with van der Waals surface area (Å²) in [5.74, 6) is 0.260. The Labute approximate surface area is 176 Å². The number of aryl methyl sites for hydroxylation is 1. The van der Waals surface area contributed by atoms with Crippen molar-refractivity contribution in [3.05, 3.63) is 57.3 Å². The minimum absolute atomic E-state index is 0.0887. The van der Waals surface area contributed by atoms with Gasteiger partial charge in [0.15, 0.2) is 0 Å². The van der Waals surface area contributed by atoms with Gasteiger partial charge in [0, 0.05) is 44.5 Å². The number of benzene rings is 1. The van der Waals surface area contributed by atoms with Crippen molar-refractivity contribution in [3.8, 4) is 0 Å². The lowest BCUT2D eigenvalue weighted by molar-refractivity contribution is -0.142. The molecule has 2 amide bonds. The van der Waals surface area contributed by atoms with Crippen molar-refractivity contribution < 1.29 is 9.59 Å². The molecule has 0 spiro atoms. The van der Waals surface area contributed by atoms with E-state index >= 15 is 0 Å². The Morgan fingerprint density at radius 3 is 2.38 bits per heavy atom. The van der Waals surface area contributed by atoms with Gasteiger partial charge in [-0.25, -0.2) is 0 Å². The number of amides is 2. The third kappa shape index (κ3) is 3.83. The number of carbonyl (C=O) groups is 2. The maximum atomic E-state index is 13.4. The quantitative estimate of drug-likeness (QED) is 0.780. The van der Waals surface area contributed by atoms with Crippen molar-refractivity contribution in [1.29, 1.82) is 0 Å². The Balaban J connectivity index is 1.58. The Morgan fingerprint density at radius 1 is 1.00 bits per heavy atom. The smallest absolute Gasteiger partial charge is 0.239 e. The summed E-state index contributed by atoms with van der Waals surface area (Å²) in [4.78, 5) is 32.5. The van der Waals surface area contributed by atoms with Crippen molar-refractivity contribution in [1.82, 2.24) is 14.7 Å². The number of fused-ring (bicyclic) bond motifs is 1. The molecule has 0 unspecified atom stereocenters. The van der Waals surface area contributed by atoms with Gasteiger partial charge in [-0.1, -0.05) is 24.3 Å². The summed E-state index contributed by atoms with van der Waals surface area (Å²) in [7, 11) is 0. The molecule has 1 aromatic heterocycles. The summed E-state index contributed by atoms with van der Waals surface area (Å²) in [5.41, 5.74) is 3.89. The van der Waals surface area contributed by atoms with Crippen LogP contribution in [0.1, 0.15) is 41.5 Å². The lowest BCUT2D eigenvalue weighted by atomic mass is 9.89. The highest BCUT2D eigenvalue weighted by Gasteiger charge is 2.37. The van der Waals surface area contributed by atoms with Crippen LogP contribution in [0.25, 0.3) is 0 Å². The standard InChI is InChI=1S/C23H29N3O2S/c1-16-6-4-5-7-19(16)22-20-9-15-29-21(20)8-10-26(22)17(2)23(28)25-13-11-24(12-14-25)18(3)27/h4-7,9,15,17,22H,8,10-14H2,1-3H3/t17-,22-/m1/s1. The molecule has 5 nitrogen and oxygen atoms in total. The van der Waals surface area contributed by atoms with E-state index in [1.807, 2.05) is 28.1 Å². The maximum Gasteiger partial charge on any atom is 0.239 e. The Kier molecular flexibility index (Phi) is 5.74. The molecule has 154 valence electrons. The second-order valence-electron chi connectivity index (χ2n) is 8.05. The molecule has 2 atom stereocenters. The van der Waals surface area contributed by atoms with Crippen LogP contribution in [0.3, 0.4) is 0 Å². The zero-order chi connectivity index (χ0) is 20.5. The number of carbonyl (C=O) groups excluding carboxylic acids is 2. The van der Waals surface area contributed by atoms with Gasteiger partial charge in [-0.05, 0) is 48.4 Å². The molecule has 0 saturated carbocycles. The Morgan fingerprint density at radius 2 is 1.69 bits per heavy atom. The Bertz CT molecular complexity index is 901. The van der Waals surface area contributed by atoms with E-state index in [2.05, 4.69) is 47.5 Å². The van der Waals surface area contributed by atoms with E-state index in [4.69, 9.17) is 0 Å². The van der Waals surface area contributed by atoms with E-state index in [1.54, 1.807) is 6.92 Å². The molecular weight excluding hydrogens is 382 g/mol. The highest BCUT2D eigenvalue weighted by molar-refractivity contribution is 7.10. The van der Waals surface area contributed by atoms with E-state index in [0.717, 1.165) is 13.0 Å². The zero-order valence-electron chi connectivity index (χ0n) is 17.4. The first-order valence-electron chi connectivity index (χ1n) is 10.4. The second-order valence-corrected chi connectivity index (χ2v) is 9.05. The lowest BCUT2D eigenvalue weighted by Gasteiger charge is -2.43. The average molecular weight is 412 g/mol. The minimum Gasteiger partial charge on any atom is -0.339 e. The van der Waals surface area contributed by atoms with Crippen LogP contribution in [0.4, 0.5) is 0 Å². The molecule has 1 saturated heterocycles. The van der Waals surface area contributed by atoms with Crippen LogP contribution in [0, 0.1) is 6.92 Å². The van der Waals surface area contributed by atoms with Crippen LogP contribution in [0.5, 0.6) is 0 Å². The molecule has 29 heavy (non-hydrogen) atoms. The average Bonchev–Trinajstić information content (AvgIpc) is 3.21. The molecule has 1 fully saturated rings. The van der Waals surface area contributed by atoms with Gasteiger partial charge in [-0.15, -0.1) is 11.3 Å². The van der Waals surface area contributed by atoms with Gasteiger partial charge in [0.25, 0.3) is 0 Å². The topological polar surface area (TPSA) is 43.9 Å². The van der Waals surface area contributed by atoms with Crippen molar-refractivity contribution in [2.75, 3.05) is 32.7 Å². The zero-order valence-corrected chi connectivity index (χ0v) is 18.2. The SMILES string of the molecule is CC(=O)N1CCN(C(=O)[C@@H](C)N2CCc3sccc3[C@H]2c2ccccc2C)CC1. The van der Waals surface area contributed by atoms with Crippen LogP contribution >= 0.6 is 11.3 Å². The fourth-order valence-corrected chi connectivity index (χ4v) is 5.54. The van der Waals surface area contributed by atoms with E-state index < -0.39 is 0 Å². The first-order chi connectivity index (χ1) is 14.0. The minimum atomic E-state index is -0.198. The summed E-state index contributed by atoms with van der Waals surface area (Å²) in [6, 6.07) is 10.7. The molecule has 6 heteroatoms. The summed E-state index contributed by atoms with van der Waals surface area (Å²) < 4.78 is 0. The summed E-state index contributed by atoms with van der Waals surface area (Å²) in [5, 5.41) is 2.17. The number of thiophene rings is 1. The van der Waals surface area contributed by atoms with Crippen molar-refractivity contribution >= 4 is 23.2 Å². The molecule has 0 aliphatic carbocycles. The normalized spacial score (nSPS) is 21.0. The maximum absolute atomic E-state index is 13.4. The van der Waals surface area contributed by atoms with Crippen LogP contribution in [-0.4, -0.2) is 65.3 Å². The number of rotatable bonds is 3. The number of piperazine rings is 1. The third-order valence-corrected chi connectivity index (χ3v) is 7.37. The summed E-state index contributed by atoms with van der Waals surface area (Å²) in [6.07, 6.45) is 0.991. The van der Waals surface area contributed by atoms with Crippen molar-refractivity contribution in [2.45, 2.75) is 39.3 Å². The highest BCUT2D eigenvalue weighted by Crippen LogP contribution is 2.40. The lowest BCUT2D eigenvalue weighted by Crippen LogP contribution is -2.56. The molecule has 3 heterocycles. The van der Waals surface area contributed by atoms with Gasteiger partial charge >= 0.3 is 0 Å². The fraction of sp³-hybridized carbons (Fsp3) is 0.478. The van der Waals surface area contributed by atoms with Gasteiger partial charge in [-0.2, -0.15) is 0 Å². The molecule has 0 radical (unpaired) electrons. The molecule has 1 aromatic carbocycles. The van der Waals surface area contributed by atoms with Gasteiger partial charge < -0.3 is 9.80 Å². The van der Waals surface area contributed by atoms with Gasteiger partial charge in [0.2, 0.25) is 11.8 Å². The van der Waals surface area contributed by atoms with Crippen LogP contribution in [-0.2, 0) is 16.0 Å². The predicted octanol–water partition coefficient (Wildman–Crippen LogP) is 3.08. The van der Waals surface area contributed by atoms with Crippen LogP contribution < -0.4 is 0 Å². The molecule has 0 N–H and O–H groups in total. The summed E-state index contributed by atoms with van der Waals surface area (Å²) >= 11 is 1.82. The number of hydrogen-bond acceptors (Lipinski definition) is 4. The van der Waals surface area contributed by atoms with Crippen LogP contribution in [0.15, 0.2) is 35.7 Å². The fourth-order valence-electron chi connectivity index (χ4n) is 4.64. The molecular formula is C23H29N3O2S. The van der Waals surface area contributed by atoms with E-state index in [1.165, 1.54) is 21.6 Å². The van der Waals surface area contributed by atoms with E-state index in [9.17, 15) is 9.59 Å². The van der Waals surface area contributed by atoms with Crippen LogP contribution in [0.2, 0.25) is 0 Å². The largest absolute Gasteiger partial charge is 0.339 e. The Hall–Kier alpha value is -2.18. The monoisotopic (exact) mass is 411 g/mol. The number of hydrogen-bond donors (Lipinski definition) is 0. The molecule has 2 aliphatic heterocycles. The first-order valence-corrected chi connectivity index (χ1v) is 11.3. The molecule has 2 aromatic rings. The molecule has 4 rings (SSSR count). The van der Waals surface area contributed by atoms with Crippen molar-refractivity contribution in [2.24, 2.45) is 0 Å². The molecule has 0 bridgehead atoms. The van der Waals surface area contributed by atoms with Gasteiger partial charge in [-0.3, -0.25) is 14.5 Å². The van der Waals surface area contributed by atoms with Gasteiger partial charge in [0.05, 0.1) is 12.1 Å². The summed E-state index contributed by atoms with van der Waals surface area (Å²) in [6.45, 7) is 9.17. The highest BCUT2D eigenvalue weighted by atomic mass is 32.1. The first kappa shape index (κ1) is 20.1. The van der Waals surface area contributed by atoms with E-state index in [0.29, 0.717) is 26.2 Å². The number of nitrogens with zero attached hydrogens (tertiary/aromatic N) is 3. The predicted molar refractivity (Wildman–Crippen MR) is 116 cm³/mol. The van der Waals surface area contributed by atoms with Crippen molar-refractivity contribution in [3.63, 3.8) is 0 Å². The molecule has 2 aliphatic rings. The van der Waals surface area contributed by atoms with Gasteiger partial charge in [0.1, 0.15) is 0 Å². The third-order valence-electron chi connectivity index (χ3n) is 6.38. The van der Waals surface area contributed by atoms with E-state index in [-0.39, 0.29) is 23.9 Å². The second kappa shape index (κ2) is 8.28.